The van der Waals surface area contributed by atoms with Gasteiger partial charge in [0.25, 0.3) is 0 Å². The maximum absolute atomic E-state index is 12.6. The first-order chi connectivity index (χ1) is 14.5. The van der Waals surface area contributed by atoms with E-state index in [4.69, 9.17) is 5.26 Å². The molecule has 166 valence electrons. The lowest BCUT2D eigenvalue weighted by molar-refractivity contribution is -0.116. The van der Waals surface area contributed by atoms with Gasteiger partial charge in [0, 0.05) is 12.7 Å². The van der Waals surface area contributed by atoms with Crippen molar-refractivity contribution in [1.82, 2.24) is 4.31 Å². The highest BCUT2D eigenvalue weighted by Gasteiger charge is 2.23. The van der Waals surface area contributed by atoms with Crippen molar-refractivity contribution in [3.05, 3.63) is 53.6 Å². The van der Waals surface area contributed by atoms with Gasteiger partial charge in [-0.25, -0.2) is 16.8 Å². The lowest BCUT2D eigenvalue weighted by Gasteiger charge is -2.18. The average molecular weight is 465 g/mol. The van der Waals surface area contributed by atoms with Gasteiger partial charge in [0.05, 0.1) is 34.5 Å². The lowest BCUT2D eigenvalue weighted by Crippen LogP contribution is -2.35. The molecule has 0 aliphatic heterocycles. The van der Waals surface area contributed by atoms with Crippen LogP contribution in [0.3, 0.4) is 0 Å². The van der Waals surface area contributed by atoms with E-state index in [0.29, 0.717) is 28.9 Å². The first kappa shape index (κ1) is 24.3. The van der Waals surface area contributed by atoms with E-state index >= 15 is 0 Å². The van der Waals surface area contributed by atoms with E-state index in [-0.39, 0.29) is 10.6 Å². The molecule has 9 nitrogen and oxygen atoms in total. The quantitative estimate of drug-likeness (QED) is 0.584. The van der Waals surface area contributed by atoms with E-state index in [9.17, 15) is 21.6 Å². The van der Waals surface area contributed by atoms with Crippen LogP contribution in [-0.2, 0) is 24.8 Å². The number of nitriles is 1. The number of nitrogens with zero attached hydrogens (tertiary/aromatic N) is 2. The second-order valence-electron chi connectivity index (χ2n) is 6.84. The smallest absolute Gasteiger partial charge is 0.243 e. The first-order valence-corrected chi connectivity index (χ1v) is 12.5. The molecular formula is C20H24N4O5S2. The molecule has 0 radical (unpaired) electrons. The van der Waals surface area contributed by atoms with E-state index in [1.807, 2.05) is 6.07 Å². The number of likely N-dealkylation sites (N-methyl/N-ethyl adjacent to an activating group) is 1. The van der Waals surface area contributed by atoms with E-state index in [1.165, 1.54) is 31.3 Å². The molecule has 0 aliphatic rings. The molecule has 0 heterocycles. The van der Waals surface area contributed by atoms with Crippen LogP contribution in [0.2, 0.25) is 0 Å². The van der Waals surface area contributed by atoms with Crippen molar-refractivity contribution in [2.75, 3.05) is 29.4 Å². The Morgan fingerprint density at radius 2 is 1.68 bits per heavy atom. The molecule has 0 aromatic heterocycles. The molecule has 11 heteroatoms. The summed E-state index contributed by atoms with van der Waals surface area (Å²) in [5.74, 6) is -0.613. The third kappa shape index (κ3) is 6.27. The van der Waals surface area contributed by atoms with E-state index in [1.54, 1.807) is 32.0 Å². The monoisotopic (exact) mass is 464 g/mol. The second kappa shape index (κ2) is 9.91. The summed E-state index contributed by atoms with van der Waals surface area (Å²) in [5.41, 5.74) is 1.54. The molecule has 0 saturated heterocycles. The van der Waals surface area contributed by atoms with E-state index in [0.717, 1.165) is 4.31 Å². The summed E-state index contributed by atoms with van der Waals surface area (Å²) in [7, 11) is -6.15. The van der Waals surface area contributed by atoms with E-state index < -0.39 is 32.5 Å². The minimum Gasteiger partial charge on any atom is -0.325 e. The largest absolute Gasteiger partial charge is 0.325 e. The second-order valence-corrected chi connectivity index (χ2v) is 10.7. The number of carbonyl (C=O) groups excluding carboxylic acids is 1. The van der Waals surface area contributed by atoms with Gasteiger partial charge in [-0.05, 0) is 55.3 Å². The summed E-state index contributed by atoms with van der Waals surface area (Å²) >= 11 is 0. The fraction of sp³-hybridized carbons (Fsp3) is 0.300. The van der Waals surface area contributed by atoms with Gasteiger partial charge in [0.2, 0.25) is 26.0 Å². The number of rotatable bonds is 9. The van der Waals surface area contributed by atoms with Gasteiger partial charge in [-0.1, -0.05) is 13.0 Å². The highest BCUT2D eigenvalue weighted by Crippen LogP contribution is 2.24. The molecule has 0 atom stereocenters. The van der Waals surface area contributed by atoms with Gasteiger partial charge >= 0.3 is 0 Å². The maximum Gasteiger partial charge on any atom is 0.243 e. The van der Waals surface area contributed by atoms with Crippen molar-refractivity contribution in [3.63, 3.8) is 0 Å². The highest BCUT2D eigenvalue weighted by atomic mass is 32.2. The predicted molar refractivity (Wildman–Crippen MR) is 118 cm³/mol. The van der Waals surface area contributed by atoms with Crippen molar-refractivity contribution in [2.45, 2.75) is 25.2 Å². The molecular weight excluding hydrogens is 440 g/mol. The van der Waals surface area contributed by atoms with Crippen molar-refractivity contribution in [3.8, 4) is 6.07 Å². The zero-order valence-electron chi connectivity index (χ0n) is 17.4. The number of benzene rings is 2. The third-order valence-corrected chi connectivity index (χ3v) is 7.70. The fourth-order valence-electron chi connectivity index (χ4n) is 2.73. The third-order valence-electron chi connectivity index (χ3n) is 4.40. The van der Waals surface area contributed by atoms with Gasteiger partial charge in [-0.2, -0.15) is 9.57 Å². The SMILES string of the molecule is CCCS(=O)(=O)Nc1cccc(NC(=O)CN(C)S(=O)(=O)c2ccc(C#N)cc2)c1C. The predicted octanol–water partition coefficient (Wildman–Crippen LogP) is 2.28. The number of hydrogen-bond donors (Lipinski definition) is 2. The fourth-order valence-corrected chi connectivity index (χ4v) is 5.05. The Hall–Kier alpha value is -2.94. The van der Waals surface area contributed by atoms with Crippen LogP contribution in [0.5, 0.6) is 0 Å². The Kier molecular flexibility index (Phi) is 7.78. The number of anilines is 2. The van der Waals surface area contributed by atoms with Crippen LogP contribution in [0.1, 0.15) is 24.5 Å². The Labute approximate surface area is 182 Å². The van der Waals surface area contributed by atoms with Crippen LogP contribution in [-0.4, -0.2) is 46.4 Å². The standard InChI is InChI=1S/C20H24N4O5S2/c1-4-12-30(26,27)23-19-7-5-6-18(15(19)2)22-20(25)14-24(3)31(28,29)17-10-8-16(13-21)9-11-17/h5-11,23H,4,12,14H2,1-3H3,(H,22,25). The van der Waals surface area contributed by atoms with E-state index in [2.05, 4.69) is 10.0 Å². The van der Waals surface area contributed by atoms with Crippen LogP contribution in [0, 0.1) is 18.3 Å². The summed E-state index contributed by atoms with van der Waals surface area (Å²) in [6, 6.07) is 12.1. The summed E-state index contributed by atoms with van der Waals surface area (Å²) < 4.78 is 52.7. The van der Waals surface area contributed by atoms with Crippen molar-refractivity contribution >= 4 is 37.3 Å². The van der Waals surface area contributed by atoms with Crippen molar-refractivity contribution < 1.29 is 21.6 Å². The number of amides is 1. The van der Waals surface area contributed by atoms with Crippen molar-refractivity contribution in [1.29, 1.82) is 5.26 Å². The molecule has 2 rings (SSSR count). The molecule has 0 bridgehead atoms. The first-order valence-electron chi connectivity index (χ1n) is 9.36. The number of nitrogens with one attached hydrogen (secondary N) is 2. The Morgan fingerprint density at radius 1 is 1.06 bits per heavy atom. The molecule has 2 aromatic carbocycles. The molecule has 0 unspecified atom stereocenters. The van der Waals surface area contributed by atoms with Crippen molar-refractivity contribution in [2.24, 2.45) is 0 Å². The molecule has 0 saturated carbocycles. The Balaban J connectivity index is 2.13. The number of sulfonamides is 2. The van der Waals surface area contributed by atoms with Crippen LogP contribution >= 0.6 is 0 Å². The summed E-state index contributed by atoms with van der Waals surface area (Å²) in [4.78, 5) is 12.4. The molecule has 31 heavy (non-hydrogen) atoms. The van der Waals surface area contributed by atoms with Gasteiger partial charge in [-0.15, -0.1) is 0 Å². The summed E-state index contributed by atoms with van der Waals surface area (Å²) in [6.07, 6.45) is 0.463. The topological polar surface area (TPSA) is 136 Å². The zero-order chi connectivity index (χ0) is 23.2. The molecule has 1 amide bonds. The van der Waals surface area contributed by atoms with Gasteiger partial charge < -0.3 is 5.32 Å². The Morgan fingerprint density at radius 3 is 2.26 bits per heavy atom. The van der Waals surface area contributed by atoms with Crippen LogP contribution in [0.4, 0.5) is 11.4 Å². The molecule has 0 aliphatic carbocycles. The molecule has 2 aromatic rings. The summed E-state index contributed by atoms with van der Waals surface area (Å²) in [6.45, 7) is 2.95. The minimum absolute atomic E-state index is 0.0268. The molecule has 2 N–H and O–H groups in total. The Bertz CT molecular complexity index is 1200. The lowest BCUT2D eigenvalue weighted by atomic mass is 10.1. The maximum atomic E-state index is 12.6. The van der Waals surface area contributed by atoms with Gasteiger partial charge in [0.1, 0.15) is 0 Å². The number of hydrogen-bond acceptors (Lipinski definition) is 6. The average Bonchev–Trinajstić information content (AvgIpc) is 2.70. The zero-order valence-corrected chi connectivity index (χ0v) is 19.0. The van der Waals surface area contributed by atoms with Gasteiger partial charge in [-0.3, -0.25) is 9.52 Å². The van der Waals surface area contributed by atoms with Gasteiger partial charge in [0.15, 0.2) is 0 Å². The van der Waals surface area contributed by atoms with Crippen LogP contribution in [0.15, 0.2) is 47.4 Å². The summed E-state index contributed by atoms with van der Waals surface area (Å²) in [5, 5.41) is 11.4. The van der Waals surface area contributed by atoms with Crippen LogP contribution in [0.25, 0.3) is 0 Å². The normalized spacial score (nSPS) is 11.7. The molecule has 0 spiro atoms. The van der Waals surface area contributed by atoms with Crippen LogP contribution < -0.4 is 10.0 Å². The highest BCUT2D eigenvalue weighted by molar-refractivity contribution is 7.92. The molecule has 0 fully saturated rings. The minimum atomic E-state index is -3.93. The number of carbonyl (C=O) groups is 1.